The molecule has 20 rings (SSSR count). The van der Waals surface area contributed by atoms with Gasteiger partial charge in [-0.25, -0.2) is 73.1 Å². The molecule has 714 valence electrons. The molecule has 4 aliphatic rings. The van der Waals surface area contributed by atoms with Gasteiger partial charge in [0.05, 0.1) is 162 Å². The van der Waals surface area contributed by atoms with E-state index in [1.54, 1.807) is 44.5 Å². The zero-order valence-electron chi connectivity index (χ0n) is 77.3. The highest BCUT2D eigenvalue weighted by Gasteiger charge is 2.37. The van der Waals surface area contributed by atoms with E-state index in [0.29, 0.717) is 136 Å². The van der Waals surface area contributed by atoms with Crippen LogP contribution in [-0.4, -0.2) is 108 Å². The SMILES string of the molecule is Cc1nn2c(C(C)C)c(C(=O)N[C@H]3CCOc4ccccc43)cnc2c1-c1c(F)cc(Cl)cc1F.Cc1nn2c(C(C)C)c(C(=O)N[C@H]3CCOc4ccccc43)cnc2c1-c1c(F)ccc(Cl)c1F.Cc1nn2c(C(C)C)c(C(=O)N[C@H]3CCOc4ccccc43)cnc2c1-c1c(F)ccc(F)c1F.Cc1nn2c(C(C)C)c(C(=O)N[C@H]3CCOc4ccccc43)cnc2c1-c1cc(Cl)ccc1F. The third kappa shape index (κ3) is 18.7. The number of nitrogens with zero attached hydrogens (tertiary/aromatic N) is 12. The number of hydrogen-bond donors (Lipinski definition) is 4. The van der Waals surface area contributed by atoms with Gasteiger partial charge >= 0.3 is 0 Å². The predicted octanol–water partition coefficient (Wildman–Crippen LogP) is 23.4. The van der Waals surface area contributed by atoms with Crippen LogP contribution in [0.3, 0.4) is 0 Å². The van der Waals surface area contributed by atoms with Crippen LogP contribution in [0.2, 0.25) is 15.1 Å². The fraction of sp³-hybridized carbons (Fsp3) is 0.269. The molecule has 0 bridgehead atoms. The first-order valence-electron chi connectivity index (χ1n) is 45.2. The summed E-state index contributed by atoms with van der Waals surface area (Å²) < 4.78 is 146. The number of ether oxygens (including phenoxy) is 4. The van der Waals surface area contributed by atoms with Crippen molar-refractivity contribution in [3.05, 3.63) is 328 Å². The molecular weight excluding hydrogens is 1860 g/mol. The summed E-state index contributed by atoms with van der Waals surface area (Å²) >= 11 is 17.9. The molecule has 12 heterocycles. The van der Waals surface area contributed by atoms with Crippen LogP contribution in [-0.2, 0) is 0 Å². The van der Waals surface area contributed by atoms with Crippen LogP contribution in [0.25, 0.3) is 67.1 Å². The monoisotopic (exact) mass is 1950 g/mol. The first-order valence-corrected chi connectivity index (χ1v) is 46.3. The van der Waals surface area contributed by atoms with Crippen LogP contribution in [0, 0.1) is 74.2 Å². The summed E-state index contributed by atoms with van der Waals surface area (Å²) in [6.45, 7) is 24.1. The van der Waals surface area contributed by atoms with Crippen LogP contribution in [0.4, 0.5) is 35.1 Å². The zero-order valence-corrected chi connectivity index (χ0v) is 79.6. The Kier molecular flexibility index (Phi) is 27.7. The molecule has 8 aromatic heterocycles. The third-order valence-corrected chi connectivity index (χ3v) is 25.4. The molecule has 0 fully saturated rings. The number of aromatic nitrogens is 12. The standard InChI is InChI=1S/2C26H23ClF2N4O2.C26H24ClFN4O2.C26H23F3N4O2/c1-13(2)24-17(26(34)31-20-8-9-35-21-7-5-4-6-16(20)21)12-30-25-22(14(3)32-33(24)25)23-18(28)10-15(27)11-19(23)29;1-13(2)24-16(26(34)31-19-10-11-35-20-7-5-4-6-15(19)20)12-30-25-21(14(3)32-33(24)25)22-18(28)9-8-17(27)23(22)29;1-14(2)24-19(26(33)30-21-10-11-34-22-7-5-4-6-17(21)22)13-29-25-23(15(3)31-32(24)25)18-12-16(27)8-9-20(18)28;1-13(2)24-16(26(34)31-19-10-11-35-20-7-5-4-6-15(19)20)12-30-25-21(14(3)32-33(24)25)22-17(27)8-9-18(28)23(22)29/h4-7,10-13,20H,8-9H2,1-3H3,(H,31,34);4-9,12-13,19H,10-11H2,1-3H3,(H,31,34);4-9,12-14,21H,10-11H2,1-3H3,(H,30,33);4-9,12-13,19H,10-11H2,1-3H3,(H,31,34)/t20-;19-;21-;19-/m0000/s1. The number of benzene rings is 8. The van der Waals surface area contributed by atoms with Crippen molar-refractivity contribution in [2.45, 2.75) is 157 Å². The Bertz CT molecular complexity index is 7330. The fourth-order valence-electron chi connectivity index (χ4n) is 18.4. The number of rotatable bonds is 16. The fourth-order valence-corrected chi connectivity index (χ4v) is 19.0. The molecule has 0 radical (unpaired) electrons. The molecule has 4 atom stereocenters. The molecule has 8 aromatic carbocycles. The summed E-state index contributed by atoms with van der Waals surface area (Å²) in [4.78, 5) is 71.5. The lowest BCUT2D eigenvalue weighted by molar-refractivity contribution is 0.0913. The van der Waals surface area contributed by atoms with E-state index in [4.69, 9.17) is 53.8 Å². The van der Waals surface area contributed by atoms with Crippen LogP contribution in [0.5, 0.6) is 23.0 Å². The van der Waals surface area contributed by atoms with Crippen molar-refractivity contribution in [3.8, 4) is 67.5 Å². The van der Waals surface area contributed by atoms with E-state index in [1.807, 2.05) is 152 Å². The average Bonchev–Trinajstić information content (AvgIpc) is 1.58. The number of carbonyl (C=O) groups excluding carboxylic acids is 4. The highest BCUT2D eigenvalue weighted by Crippen LogP contribution is 2.44. The number of aryl methyl sites for hydroxylation is 4. The number of hydrogen-bond acceptors (Lipinski definition) is 16. The molecule has 16 aromatic rings. The number of nitrogens with one attached hydrogen (secondary N) is 4. The number of amides is 4. The largest absolute Gasteiger partial charge is 0.493 e. The first kappa shape index (κ1) is 96.3. The first-order chi connectivity index (χ1) is 66.7. The molecule has 35 heteroatoms. The van der Waals surface area contributed by atoms with Crippen molar-refractivity contribution in [1.29, 1.82) is 0 Å². The Balaban J connectivity index is 0.000000128. The number of halogens is 11. The number of para-hydroxylation sites is 4. The molecule has 0 saturated carbocycles. The van der Waals surface area contributed by atoms with Gasteiger partial charge in [-0.15, -0.1) is 0 Å². The van der Waals surface area contributed by atoms with Gasteiger partial charge in [-0.05, 0) is 130 Å². The highest BCUT2D eigenvalue weighted by atomic mass is 35.5. The van der Waals surface area contributed by atoms with E-state index < -0.39 is 52.1 Å². The minimum absolute atomic E-state index is 0.0374. The van der Waals surface area contributed by atoms with Crippen molar-refractivity contribution in [2.75, 3.05) is 26.4 Å². The zero-order chi connectivity index (χ0) is 98.5. The molecule has 139 heavy (non-hydrogen) atoms. The van der Waals surface area contributed by atoms with Gasteiger partial charge in [0.25, 0.3) is 23.6 Å². The maximum Gasteiger partial charge on any atom is 0.255 e. The van der Waals surface area contributed by atoms with Gasteiger partial charge in [-0.1, -0.05) is 163 Å². The smallest absolute Gasteiger partial charge is 0.255 e. The lowest BCUT2D eigenvalue weighted by Gasteiger charge is -2.27. The Morgan fingerprint density at radius 3 is 0.935 bits per heavy atom. The molecule has 4 aliphatic heterocycles. The molecule has 0 unspecified atom stereocenters. The Labute approximate surface area is 807 Å². The maximum absolute atomic E-state index is 14.9. The normalized spacial score (nSPS) is 15.2. The lowest BCUT2D eigenvalue weighted by Crippen LogP contribution is -2.33. The van der Waals surface area contributed by atoms with Crippen LogP contribution in [0.1, 0.15) is 238 Å². The summed E-state index contributed by atoms with van der Waals surface area (Å²) in [6.07, 6.45) is 8.37. The molecule has 4 N–H and O–H groups in total. The van der Waals surface area contributed by atoms with Gasteiger partial charge in [-0.3, -0.25) is 19.2 Å². The second-order valence-corrected chi connectivity index (χ2v) is 36.5. The van der Waals surface area contributed by atoms with E-state index in [0.717, 1.165) is 75.6 Å². The summed E-state index contributed by atoms with van der Waals surface area (Å²) in [6, 6.07) is 40.0. The summed E-state index contributed by atoms with van der Waals surface area (Å²) in [7, 11) is 0. The predicted molar refractivity (Wildman–Crippen MR) is 511 cm³/mol. The van der Waals surface area contributed by atoms with Gasteiger partial charge in [0.15, 0.2) is 40.0 Å². The molecule has 0 aliphatic carbocycles. The van der Waals surface area contributed by atoms with Gasteiger partial charge in [0.1, 0.15) is 52.1 Å². The van der Waals surface area contributed by atoms with E-state index in [1.165, 1.54) is 50.3 Å². The molecule has 0 spiro atoms. The highest BCUT2D eigenvalue weighted by molar-refractivity contribution is 6.31. The Morgan fingerprint density at radius 2 is 0.604 bits per heavy atom. The number of carbonyl (C=O) groups is 4. The maximum atomic E-state index is 14.9. The van der Waals surface area contributed by atoms with E-state index in [2.05, 4.69) is 61.6 Å². The Hall–Kier alpha value is -14.4. The van der Waals surface area contributed by atoms with Crippen molar-refractivity contribution < 1.29 is 73.2 Å². The van der Waals surface area contributed by atoms with E-state index >= 15 is 0 Å². The summed E-state index contributed by atoms with van der Waals surface area (Å²) in [5.74, 6) is -5.72. The van der Waals surface area contributed by atoms with Crippen LogP contribution >= 0.6 is 34.8 Å². The minimum Gasteiger partial charge on any atom is -0.493 e. The van der Waals surface area contributed by atoms with Gasteiger partial charge in [0, 0.05) is 88.3 Å². The van der Waals surface area contributed by atoms with E-state index in [9.17, 15) is 54.3 Å². The Morgan fingerprint density at radius 1 is 0.324 bits per heavy atom. The summed E-state index contributed by atoms with van der Waals surface area (Å²) in [5, 5.41) is 30.7. The van der Waals surface area contributed by atoms with Gasteiger partial charge in [0.2, 0.25) is 0 Å². The van der Waals surface area contributed by atoms with Crippen molar-refractivity contribution >= 4 is 81.0 Å². The summed E-state index contributed by atoms with van der Waals surface area (Å²) in [5.41, 5.74) is 10.6. The minimum atomic E-state index is -1.31. The average molecular weight is 1950 g/mol. The van der Waals surface area contributed by atoms with Crippen LogP contribution in [0.15, 0.2) is 176 Å². The second-order valence-electron chi connectivity index (χ2n) is 35.2. The molecular formula is C104H93Cl3F8N16O8. The third-order valence-electron chi connectivity index (χ3n) is 24.7. The van der Waals surface area contributed by atoms with Gasteiger partial charge in [-0.2, -0.15) is 20.4 Å². The molecule has 0 saturated heterocycles. The van der Waals surface area contributed by atoms with E-state index in [-0.39, 0.29) is 132 Å². The quantitative estimate of drug-likeness (QED) is 0.0517. The topological polar surface area (TPSA) is 274 Å². The van der Waals surface area contributed by atoms with Crippen molar-refractivity contribution in [2.24, 2.45) is 0 Å². The van der Waals surface area contributed by atoms with Crippen LogP contribution < -0.4 is 40.2 Å². The van der Waals surface area contributed by atoms with Gasteiger partial charge < -0.3 is 40.2 Å². The molecule has 4 amide bonds. The van der Waals surface area contributed by atoms with Crippen molar-refractivity contribution in [3.63, 3.8) is 0 Å². The second kappa shape index (κ2) is 40.0. The molecule has 24 nitrogen and oxygen atoms in total. The lowest BCUT2D eigenvalue weighted by atomic mass is 9.99. The van der Waals surface area contributed by atoms with Crippen molar-refractivity contribution in [1.82, 2.24) is 79.7 Å². The number of fused-ring (bicyclic) bond motifs is 8.